The lowest BCUT2D eigenvalue weighted by Gasteiger charge is -2.26. The first kappa shape index (κ1) is 14.1. The second kappa shape index (κ2) is 5.51. The van der Waals surface area contributed by atoms with E-state index in [2.05, 4.69) is 5.32 Å². The van der Waals surface area contributed by atoms with Crippen molar-refractivity contribution < 1.29 is 14.7 Å². The van der Waals surface area contributed by atoms with Gasteiger partial charge in [-0.2, -0.15) is 0 Å². The fourth-order valence-electron chi connectivity index (χ4n) is 3.86. The van der Waals surface area contributed by atoms with Crippen molar-refractivity contribution in [3.05, 3.63) is 35.4 Å². The molecule has 3 rings (SSSR count). The smallest absolute Gasteiger partial charge is 0.335 e. The molecule has 2 fully saturated rings. The molecule has 2 N–H and O–H groups in total. The van der Waals surface area contributed by atoms with Crippen LogP contribution in [0.15, 0.2) is 24.3 Å². The quantitative estimate of drug-likeness (QED) is 0.875. The molecule has 0 saturated heterocycles. The summed E-state index contributed by atoms with van der Waals surface area (Å²) in [7, 11) is 0. The van der Waals surface area contributed by atoms with E-state index in [0.717, 1.165) is 18.0 Å². The number of rotatable bonds is 5. The lowest BCUT2D eigenvalue weighted by Crippen LogP contribution is -2.35. The summed E-state index contributed by atoms with van der Waals surface area (Å²) in [6.45, 7) is 0.801. The number of aromatic carboxylic acids is 1. The highest BCUT2D eigenvalue weighted by Crippen LogP contribution is 2.53. The molecule has 1 aromatic rings. The summed E-state index contributed by atoms with van der Waals surface area (Å²) in [5.41, 5.74) is 1.47. The van der Waals surface area contributed by atoms with Crippen molar-refractivity contribution in [2.24, 2.45) is 11.3 Å². The zero-order valence-electron chi connectivity index (χ0n) is 12.1. The molecule has 2 bridgehead atoms. The van der Waals surface area contributed by atoms with Crippen molar-refractivity contribution in [1.82, 2.24) is 5.32 Å². The molecule has 112 valence electrons. The van der Waals surface area contributed by atoms with Crippen LogP contribution in [0.3, 0.4) is 0 Å². The SMILES string of the molecule is O=C(Cc1ccc(C(=O)O)cc1)NCC12CCC(CC1)C2. The van der Waals surface area contributed by atoms with Crippen molar-refractivity contribution in [1.29, 1.82) is 0 Å². The van der Waals surface area contributed by atoms with Crippen LogP contribution >= 0.6 is 0 Å². The molecule has 2 saturated carbocycles. The van der Waals surface area contributed by atoms with Crippen LogP contribution in [0.25, 0.3) is 0 Å². The van der Waals surface area contributed by atoms with Crippen LogP contribution < -0.4 is 5.32 Å². The van der Waals surface area contributed by atoms with E-state index in [0.29, 0.717) is 11.8 Å². The molecule has 0 spiro atoms. The molecule has 1 aromatic carbocycles. The maximum absolute atomic E-state index is 12.0. The Kier molecular flexibility index (Phi) is 3.70. The Morgan fingerprint density at radius 2 is 1.86 bits per heavy atom. The van der Waals surface area contributed by atoms with Crippen LogP contribution in [0.1, 0.15) is 48.0 Å². The van der Waals surface area contributed by atoms with Gasteiger partial charge in [0.15, 0.2) is 0 Å². The topological polar surface area (TPSA) is 66.4 Å². The van der Waals surface area contributed by atoms with E-state index in [-0.39, 0.29) is 11.5 Å². The van der Waals surface area contributed by atoms with Crippen molar-refractivity contribution in [3.8, 4) is 0 Å². The van der Waals surface area contributed by atoms with Crippen LogP contribution in [-0.4, -0.2) is 23.5 Å². The fraction of sp³-hybridized carbons (Fsp3) is 0.529. The summed E-state index contributed by atoms with van der Waals surface area (Å²) in [5, 5.41) is 11.9. The van der Waals surface area contributed by atoms with Crippen LogP contribution in [0.5, 0.6) is 0 Å². The minimum absolute atomic E-state index is 0.0304. The first-order chi connectivity index (χ1) is 10.1. The predicted octanol–water partition coefficient (Wildman–Crippen LogP) is 2.62. The fourth-order valence-corrected chi connectivity index (χ4v) is 3.86. The van der Waals surface area contributed by atoms with Crippen molar-refractivity contribution in [2.45, 2.75) is 38.5 Å². The van der Waals surface area contributed by atoms with Crippen LogP contribution in [-0.2, 0) is 11.2 Å². The number of carboxylic acids is 1. The average molecular weight is 287 g/mol. The molecule has 0 aliphatic heterocycles. The van der Waals surface area contributed by atoms with E-state index in [4.69, 9.17) is 5.11 Å². The molecule has 21 heavy (non-hydrogen) atoms. The Balaban J connectivity index is 1.51. The van der Waals surface area contributed by atoms with Gasteiger partial charge in [-0.3, -0.25) is 4.79 Å². The molecule has 2 aliphatic carbocycles. The minimum atomic E-state index is -0.942. The molecule has 2 aliphatic rings. The van der Waals surface area contributed by atoms with Gasteiger partial charge in [0.05, 0.1) is 12.0 Å². The van der Waals surface area contributed by atoms with Crippen LogP contribution in [0, 0.1) is 11.3 Å². The van der Waals surface area contributed by atoms with E-state index in [1.807, 2.05) is 0 Å². The highest BCUT2D eigenvalue weighted by atomic mass is 16.4. The summed E-state index contributed by atoms with van der Waals surface area (Å²) >= 11 is 0. The summed E-state index contributed by atoms with van der Waals surface area (Å²) in [6.07, 6.45) is 6.76. The number of hydrogen-bond donors (Lipinski definition) is 2. The van der Waals surface area contributed by atoms with Gasteiger partial charge in [0.25, 0.3) is 0 Å². The standard InChI is InChI=1S/C17H21NO3/c19-15(9-12-1-3-14(4-2-12)16(20)21)18-11-17-7-5-13(10-17)6-8-17/h1-4,13H,5-11H2,(H,18,19)(H,20,21). The van der Waals surface area contributed by atoms with Crippen molar-refractivity contribution >= 4 is 11.9 Å². The number of amides is 1. The first-order valence-corrected chi connectivity index (χ1v) is 7.65. The molecule has 0 heterocycles. The third kappa shape index (κ3) is 3.09. The van der Waals surface area contributed by atoms with E-state index < -0.39 is 5.97 Å². The summed E-state index contributed by atoms with van der Waals surface area (Å²) in [5.74, 6) is -0.0182. The monoisotopic (exact) mass is 287 g/mol. The number of benzene rings is 1. The number of carboxylic acid groups (broad SMARTS) is 1. The summed E-state index contributed by atoms with van der Waals surface area (Å²) in [4.78, 5) is 22.8. The molecule has 4 nitrogen and oxygen atoms in total. The largest absolute Gasteiger partial charge is 0.478 e. The zero-order valence-corrected chi connectivity index (χ0v) is 12.1. The van der Waals surface area contributed by atoms with Crippen molar-refractivity contribution in [3.63, 3.8) is 0 Å². The zero-order chi connectivity index (χ0) is 14.9. The lowest BCUT2D eigenvalue weighted by atomic mass is 9.84. The first-order valence-electron chi connectivity index (χ1n) is 7.65. The Labute approximate surface area is 124 Å². The Bertz CT molecular complexity index is 542. The van der Waals surface area contributed by atoms with Crippen LogP contribution in [0.4, 0.5) is 0 Å². The number of fused-ring (bicyclic) bond motifs is 2. The van der Waals surface area contributed by atoms with Crippen LogP contribution in [0.2, 0.25) is 0 Å². The lowest BCUT2D eigenvalue weighted by molar-refractivity contribution is -0.120. The Morgan fingerprint density at radius 3 is 2.38 bits per heavy atom. The van der Waals surface area contributed by atoms with Gasteiger partial charge in [0, 0.05) is 6.54 Å². The Hall–Kier alpha value is -1.84. The second-order valence-corrected chi connectivity index (χ2v) is 6.60. The number of carbonyl (C=O) groups is 2. The predicted molar refractivity (Wildman–Crippen MR) is 79.1 cm³/mol. The van der Waals surface area contributed by atoms with Gasteiger partial charge in [0.2, 0.25) is 5.91 Å². The molecule has 0 aromatic heterocycles. The summed E-state index contributed by atoms with van der Waals surface area (Å²) < 4.78 is 0. The summed E-state index contributed by atoms with van der Waals surface area (Å²) in [6, 6.07) is 6.51. The van der Waals surface area contributed by atoms with Gasteiger partial charge in [-0.25, -0.2) is 4.79 Å². The average Bonchev–Trinajstić information content (AvgIpc) is 3.07. The van der Waals surface area contributed by atoms with Crippen molar-refractivity contribution in [2.75, 3.05) is 6.54 Å². The molecule has 1 amide bonds. The van der Waals surface area contributed by atoms with Gasteiger partial charge in [-0.05, 0) is 61.1 Å². The Morgan fingerprint density at radius 1 is 1.19 bits per heavy atom. The van der Waals surface area contributed by atoms with Gasteiger partial charge < -0.3 is 10.4 Å². The van der Waals surface area contributed by atoms with E-state index >= 15 is 0 Å². The molecule has 0 unspecified atom stereocenters. The minimum Gasteiger partial charge on any atom is -0.478 e. The normalized spacial score (nSPS) is 26.8. The maximum Gasteiger partial charge on any atom is 0.335 e. The van der Waals surface area contributed by atoms with Gasteiger partial charge >= 0.3 is 5.97 Å². The molecule has 0 atom stereocenters. The highest BCUT2D eigenvalue weighted by Gasteiger charge is 2.44. The second-order valence-electron chi connectivity index (χ2n) is 6.60. The molecular weight excluding hydrogens is 266 g/mol. The molecule has 4 heteroatoms. The third-order valence-electron chi connectivity index (χ3n) is 5.11. The third-order valence-corrected chi connectivity index (χ3v) is 5.11. The van der Waals surface area contributed by atoms with E-state index in [1.54, 1.807) is 24.3 Å². The van der Waals surface area contributed by atoms with Gasteiger partial charge in [0.1, 0.15) is 0 Å². The van der Waals surface area contributed by atoms with Gasteiger partial charge in [-0.15, -0.1) is 0 Å². The maximum atomic E-state index is 12.0. The van der Waals surface area contributed by atoms with Gasteiger partial charge in [-0.1, -0.05) is 12.1 Å². The number of hydrogen-bond acceptors (Lipinski definition) is 2. The highest BCUT2D eigenvalue weighted by molar-refractivity contribution is 5.87. The number of nitrogens with one attached hydrogen (secondary N) is 1. The number of carbonyl (C=O) groups excluding carboxylic acids is 1. The molecular formula is C17H21NO3. The molecule has 0 radical (unpaired) electrons. The van der Waals surface area contributed by atoms with E-state index in [9.17, 15) is 9.59 Å². The van der Waals surface area contributed by atoms with E-state index in [1.165, 1.54) is 32.1 Å².